The number of benzene rings is 4. The number of hydrogen-bond acceptors (Lipinski definition) is 6. The van der Waals surface area contributed by atoms with Crippen LogP contribution in [0.4, 0.5) is 0 Å². The smallest absolute Gasteiger partial charge is 0.310 e. The molecule has 0 spiro atoms. The molecule has 2 unspecified atom stereocenters. The van der Waals surface area contributed by atoms with Crippen molar-refractivity contribution in [3.8, 4) is 11.5 Å². The normalized spacial score (nSPS) is 17.2. The van der Waals surface area contributed by atoms with Gasteiger partial charge < -0.3 is 31.2 Å². The molecule has 9 heteroatoms. The van der Waals surface area contributed by atoms with E-state index in [2.05, 4.69) is 0 Å². The minimum Gasteiger partial charge on any atom is -0.497 e. The van der Waals surface area contributed by atoms with Crippen LogP contribution in [0.5, 0.6) is 11.5 Å². The molecule has 0 amide bonds. The van der Waals surface area contributed by atoms with Crippen molar-refractivity contribution in [3.05, 3.63) is 83.9 Å². The molecule has 1 aliphatic carbocycles. The Morgan fingerprint density at radius 2 is 0.977 bits per heavy atom. The molecule has 8 nitrogen and oxygen atoms in total. The van der Waals surface area contributed by atoms with Crippen molar-refractivity contribution in [3.63, 3.8) is 0 Å². The van der Waals surface area contributed by atoms with E-state index in [0.717, 1.165) is 57.0 Å². The van der Waals surface area contributed by atoms with Gasteiger partial charge in [-0.3, -0.25) is 9.59 Å². The van der Waals surface area contributed by atoms with Gasteiger partial charge in [-0.25, -0.2) is 0 Å². The van der Waals surface area contributed by atoms with Crippen LogP contribution in [0.25, 0.3) is 21.5 Å². The van der Waals surface area contributed by atoms with Gasteiger partial charge in [0.1, 0.15) is 11.5 Å². The zero-order valence-corrected chi connectivity index (χ0v) is 27.3. The zero-order chi connectivity index (χ0) is 30.8. The van der Waals surface area contributed by atoms with Crippen molar-refractivity contribution >= 4 is 33.5 Å². The Bertz CT molecular complexity index is 1400. The molecule has 0 aromatic heterocycles. The summed E-state index contributed by atoms with van der Waals surface area (Å²) in [6.07, 6.45) is 4.80. The molecule has 43 heavy (non-hydrogen) atoms. The van der Waals surface area contributed by atoms with E-state index in [1.165, 1.54) is 12.8 Å². The third-order valence-corrected chi connectivity index (χ3v) is 7.76. The maximum absolute atomic E-state index is 10.9. The molecule has 0 bridgehead atoms. The van der Waals surface area contributed by atoms with Gasteiger partial charge in [-0.1, -0.05) is 61.4 Å². The van der Waals surface area contributed by atoms with Gasteiger partial charge in [0.2, 0.25) is 0 Å². The van der Waals surface area contributed by atoms with Gasteiger partial charge in [-0.2, -0.15) is 0 Å². The van der Waals surface area contributed by atoms with E-state index in [0.29, 0.717) is 0 Å². The fourth-order valence-corrected chi connectivity index (χ4v) is 4.75. The summed E-state index contributed by atoms with van der Waals surface area (Å²) >= 11 is 0. The molecule has 1 saturated carbocycles. The molecule has 0 saturated heterocycles. The number of ether oxygens (including phenoxy) is 2. The molecule has 5 rings (SSSR count). The number of fused-ring (bicyclic) bond motifs is 2. The molecule has 6 N–H and O–H groups in total. The van der Waals surface area contributed by atoms with Gasteiger partial charge in [-0.05, 0) is 83.6 Å². The SMILES string of the molecule is COc1ccc2cc(C(C)C(=O)O)ccc2c1.COc1ccc2cc(C(C)C(=O)O)ccc2c1.N[C@@H]1CCCC[C@H]1N.[Pt]. The first-order chi connectivity index (χ1) is 20.0. The van der Waals surface area contributed by atoms with Gasteiger partial charge in [0.25, 0.3) is 0 Å². The minimum absolute atomic E-state index is 0. The second-order valence-corrected chi connectivity index (χ2v) is 10.7. The van der Waals surface area contributed by atoms with E-state index in [1.54, 1.807) is 28.1 Å². The van der Waals surface area contributed by atoms with Crippen LogP contribution in [0.2, 0.25) is 0 Å². The summed E-state index contributed by atoms with van der Waals surface area (Å²) < 4.78 is 10.3. The summed E-state index contributed by atoms with van der Waals surface area (Å²) in [7, 11) is 3.25. The van der Waals surface area contributed by atoms with Crippen molar-refractivity contribution in [2.75, 3.05) is 14.2 Å². The molecule has 0 radical (unpaired) electrons. The monoisotopic (exact) mass is 769 g/mol. The molecular formula is C34H42N2O6Pt. The second kappa shape index (κ2) is 17.0. The Balaban J connectivity index is 0.000000237. The number of carboxylic acids is 2. The van der Waals surface area contributed by atoms with Gasteiger partial charge >= 0.3 is 11.9 Å². The van der Waals surface area contributed by atoms with E-state index in [4.69, 9.17) is 31.2 Å². The van der Waals surface area contributed by atoms with Crippen molar-refractivity contribution in [2.24, 2.45) is 11.5 Å². The first-order valence-electron chi connectivity index (χ1n) is 14.2. The Labute approximate surface area is 267 Å². The van der Waals surface area contributed by atoms with E-state index in [1.807, 2.05) is 72.8 Å². The standard InChI is InChI=1S/2C14H14O3.C6H14N2.Pt/c2*1-9(14(15)16)10-3-4-12-8-13(17-2)6-5-11(12)7-10;7-5-3-1-2-4-6(5)8;/h2*3-9H,1-2H3,(H,15,16);5-6H,1-4,7-8H2;/t;;5-,6-;/m..1./s1. The van der Waals surface area contributed by atoms with Crippen molar-refractivity contribution < 1.29 is 50.3 Å². The van der Waals surface area contributed by atoms with Crippen LogP contribution in [-0.2, 0) is 30.7 Å². The summed E-state index contributed by atoms with van der Waals surface area (Å²) in [5.74, 6) is -0.980. The third-order valence-electron chi connectivity index (χ3n) is 7.76. The summed E-state index contributed by atoms with van der Waals surface area (Å²) in [5.41, 5.74) is 12.9. The maximum atomic E-state index is 10.9. The second-order valence-electron chi connectivity index (χ2n) is 10.7. The van der Waals surface area contributed by atoms with E-state index in [9.17, 15) is 9.59 Å². The number of nitrogens with two attached hydrogens (primary N) is 2. The number of aliphatic carboxylic acids is 2. The van der Waals surface area contributed by atoms with Crippen LogP contribution < -0.4 is 20.9 Å². The third kappa shape index (κ3) is 10.1. The summed E-state index contributed by atoms with van der Waals surface area (Å²) in [4.78, 5) is 21.8. The number of hydrogen-bond donors (Lipinski definition) is 4. The molecule has 1 fully saturated rings. The summed E-state index contributed by atoms with van der Waals surface area (Å²) in [5, 5.41) is 22.1. The average Bonchev–Trinajstić information content (AvgIpc) is 3.01. The van der Waals surface area contributed by atoms with Gasteiger partial charge in [0.15, 0.2) is 0 Å². The van der Waals surface area contributed by atoms with E-state index >= 15 is 0 Å². The fraction of sp³-hybridized carbons (Fsp3) is 0.353. The number of carboxylic acid groups (broad SMARTS) is 2. The van der Waals surface area contributed by atoms with Gasteiger partial charge in [0.05, 0.1) is 26.1 Å². The minimum atomic E-state index is -0.808. The Hall–Kier alpha value is -3.45. The quantitative estimate of drug-likeness (QED) is 0.179. The predicted molar refractivity (Wildman–Crippen MR) is 168 cm³/mol. The first-order valence-corrected chi connectivity index (χ1v) is 14.2. The molecule has 0 aliphatic heterocycles. The average molecular weight is 770 g/mol. The van der Waals surface area contributed by atoms with Crippen molar-refractivity contribution in [1.29, 1.82) is 0 Å². The largest absolute Gasteiger partial charge is 0.497 e. The van der Waals surface area contributed by atoms with Crippen LogP contribution in [-0.4, -0.2) is 48.5 Å². The fourth-order valence-electron chi connectivity index (χ4n) is 4.75. The van der Waals surface area contributed by atoms with E-state index < -0.39 is 23.8 Å². The van der Waals surface area contributed by atoms with Crippen LogP contribution in [0.1, 0.15) is 62.5 Å². The molecule has 4 atom stereocenters. The molecular weight excluding hydrogens is 727 g/mol. The number of carbonyl (C=O) groups is 2. The van der Waals surface area contributed by atoms with Crippen LogP contribution in [0.3, 0.4) is 0 Å². The number of rotatable bonds is 6. The zero-order valence-electron chi connectivity index (χ0n) is 25.1. The molecule has 4 aromatic carbocycles. The van der Waals surface area contributed by atoms with E-state index in [-0.39, 0.29) is 33.1 Å². The number of methoxy groups -OCH3 is 2. The molecule has 4 aromatic rings. The maximum Gasteiger partial charge on any atom is 0.310 e. The molecule has 0 heterocycles. The van der Waals surface area contributed by atoms with Gasteiger partial charge in [-0.15, -0.1) is 0 Å². The van der Waals surface area contributed by atoms with Crippen LogP contribution >= 0.6 is 0 Å². The Kier molecular flexibility index (Phi) is 14.1. The molecule has 1 aliphatic rings. The predicted octanol–water partition coefficient (Wildman–Crippen LogP) is 6.29. The van der Waals surface area contributed by atoms with Crippen LogP contribution in [0.15, 0.2) is 72.8 Å². The summed E-state index contributed by atoms with van der Waals surface area (Å²) in [6.45, 7) is 3.38. The topological polar surface area (TPSA) is 145 Å². The Morgan fingerprint density at radius 1 is 0.651 bits per heavy atom. The van der Waals surface area contributed by atoms with Crippen molar-refractivity contribution in [1.82, 2.24) is 0 Å². The van der Waals surface area contributed by atoms with Gasteiger partial charge in [0, 0.05) is 33.1 Å². The van der Waals surface area contributed by atoms with Crippen molar-refractivity contribution in [2.45, 2.75) is 63.5 Å². The first kappa shape index (κ1) is 35.7. The van der Waals surface area contributed by atoms with Crippen LogP contribution in [0, 0.1) is 0 Å². The Morgan fingerprint density at radius 3 is 1.28 bits per heavy atom. The summed E-state index contributed by atoms with van der Waals surface area (Å²) in [6, 6.07) is 23.4. The molecule has 234 valence electrons.